The predicted octanol–water partition coefficient (Wildman–Crippen LogP) is 5.77. The molecule has 3 aromatic rings. The van der Waals surface area contributed by atoms with Crippen LogP contribution in [0.5, 0.6) is 5.75 Å². The third-order valence-corrected chi connectivity index (χ3v) is 4.99. The van der Waals surface area contributed by atoms with Gasteiger partial charge in [0.05, 0.1) is 23.7 Å². The molecule has 174 valence electrons. The highest BCUT2D eigenvalue weighted by Gasteiger charge is 2.21. The van der Waals surface area contributed by atoms with Crippen molar-refractivity contribution >= 4 is 11.6 Å². The second-order valence-electron chi connectivity index (χ2n) is 8.53. The van der Waals surface area contributed by atoms with Crippen LogP contribution in [0.4, 0.5) is 8.78 Å². The topological polar surface area (TPSA) is 68.5 Å². The van der Waals surface area contributed by atoms with Crippen LogP contribution in [0.15, 0.2) is 30.6 Å². The summed E-state index contributed by atoms with van der Waals surface area (Å²) in [5.74, 6) is -0.684. The molecule has 32 heavy (non-hydrogen) atoms. The first-order valence-electron chi connectivity index (χ1n) is 10.7. The smallest absolute Gasteiger partial charge is 0.387 e. The summed E-state index contributed by atoms with van der Waals surface area (Å²) in [5.41, 5.74) is 3.37. The van der Waals surface area contributed by atoms with Crippen molar-refractivity contribution in [2.45, 2.75) is 66.4 Å². The van der Waals surface area contributed by atoms with E-state index in [2.05, 4.69) is 54.8 Å². The first kappa shape index (κ1) is 25.2. The van der Waals surface area contributed by atoms with Gasteiger partial charge in [-0.3, -0.25) is 4.79 Å². The van der Waals surface area contributed by atoms with Gasteiger partial charge < -0.3 is 10.1 Å². The van der Waals surface area contributed by atoms with Gasteiger partial charge in [0.1, 0.15) is 5.75 Å². The molecule has 0 fully saturated rings. The number of carbonyl (C=O) groups excluding carboxylic acids is 1. The number of aromatic nitrogens is 3. The van der Waals surface area contributed by atoms with Gasteiger partial charge in [-0.25, -0.2) is 9.50 Å². The maximum atomic E-state index is 12.9. The fourth-order valence-corrected chi connectivity index (χ4v) is 2.99. The van der Waals surface area contributed by atoms with Crippen molar-refractivity contribution in [1.29, 1.82) is 0 Å². The Labute approximate surface area is 188 Å². The first-order chi connectivity index (χ1) is 15.0. The van der Waals surface area contributed by atoms with Crippen molar-refractivity contribution in [3.63, 3.8) is 0 Å². The summed E-state index contributed by atoms with van der Waals surface area (Å²) in [6, 6.07) is 5.08. The Morgan fingerprint density at radius 2 is 1.81 bits per heavy atom. The van der Waals surface area contributed by atoms with E-state index in [4.69, 9.17) is 0 Å². The van der Waals surface area contributed by atoms with Gasteiger partial charge in [0, 0.05) is 12.6 Å². The molecule has 0 saturated heterocycles. The molecule has 0 radical (unpaired) electrons. The van der Waals surface area contributed by atoms with Crippen LogP contribution in [0.25, 0.3) is 16.9 Å². The lowest BCUT2D eigenvalue weighted by atomic mass is 9.89. The van der Waals surface area contributed by atoms with E-state index in [0.29, 0.717) is 22.5 Å². The van der Waals surface area contributed by atoms with Gasteiger partial charge in [-0.2, -0.15) is 13.9 Å². The molecule has 1 N–H and O–H groups in total. The molecule has 2 heterocycles. The van der Waals surface area contributed by atoms with Crippen LogP contribution in [0.1, 0.15) is 68.9 Å². The molecule has 0 unspecified atom stereocenters. The van der Waals surface area contributed by atoms with Gasteiger partial charge in [0.15, 0.2) is 5.65 Å². The van der Waals surface area contributed by atoms with Crippen molar-refractivity contribution < 1.29 is 18.3 Å². The number of ether oxygens (including phenoxy) is 1. The zero-order valence-electron chi connectivity index (χ0n) is 19.8. The van der Waals surface area contributed by atoms with Crippen LogP contribution in [-0.2, 0) is 5.41 Å². The zero-order valence-corrected chi connectivity index (χ0v) is 19.8. The maximum Gasteiger partial charge on any atom is 0.387 e. The average molecular weight is 447 g/mol. The second-order valence-corrected chi connectivity index (χ2v) is 8.53. The van der Waals surface area contributed by atoms with E-state index in [1.54, 1.807) is 29.9 Å². The Kier molecular flexibility index (Phi) is 8.30. The number of carbonyl (C=O) groups is 1. The fraction of sp³-hybridized carbons (Fsp3) is 0.458. The van der Waals surface area contributed by atoms with Gasteiger partial charge in [-0.1, -0.05) is 47.5 Å². The highest BCUT2D eigenvalue weighted by Crippen LogP contribution is 2.32. The first-order valence-corrected chi connectivity index (χ1v) is 10.7. The monoisotopic (exact) mass is 446 g/mol. The fourth-order valence-electron chi connectivity index (χ4n) is 2.99. The molecule has 1 amide bonds. The molecule has 8 heteroatoms. The SMILES string of the molecule is CCCC.CNC(=O)c1c(C)cc(-c2cnc3cc(C(C)(C)C)cnn23)cc1OC(F)F. The van der Waals surface area contributed by atoms with E-state index in [1.807, 2.05) is 6.07 Å². The summed E-state index contributed by atoms with van der Waals surface area (Å²) in [6.45, 7) is 9.23. The minimum Gasteiger partial charge on any atom is -0.434 e. The molecule has 0 atom stereocenters. The van der Waals surface area contributed by atoms with E-state index in [9.17, 15) is 13.6 Å². The van der Waals surface area contributed by atoms with Crippen molar-refractivity contribution in [3.8, 4) is 17.0 Å². The van der Waals surface area contributed by atoms with Gasteiger partial charge in [-0.15, -0.1) is 0 Å². The average Bonchev–Trinajstić information content (AvgIpc) is 3.15. The largest absolute Gasteiger partial charge is 0.434 e. The van der Waals surface area contributed by atoms with Crippen LogP contribution in [-0.4, -0.2) is 34.2 Å². The number of fused-ring (bicyclic) bond motifs is 1. The number of nitrogens with one attached hydrogen (secondary N) is 1. The number of hydrogen-bond acceptors (Lipinski definition) is 4. The van der Waals surface area contributed by atoms with Crippen molar-refractivity contribution in [2.75, 3.05) is 7.05 Å². The quantitative estimate of drug-likeness (QED) is 0.540. The van der Waals surface area contributed by atoms with E-state index in [0.717, 1.165) is 5.56 Å². The summed E-state index contributed by atoms with van der Waals surface area (Å²) >= 11 is 0. The highest BCUT2D eigenvalue weighted by molar-refractivity contribution is 5.99. The molecule has 1 aromatic carbocycles. The second kappa shape index (κ2) is 10.5. The van der Waals surface area contributed by atoms with Gasteiger partial charge in [-0.05, 0) is 41.7 Å². The number of amides is 1. The lowest BCUT2D eigenvalue weighted by Crippen LogP contribution is -2.21. The van der Waals surface area contributed by atoms with E-state index >= 15 is 0 Å². The number of halogens is 2. The van der Waals surface area contributed by atoms with Crippen molar-refractivity contribution in [3.05, 3.63) is 47.3 Å². The normalized spacial score (nSPS) is 11.3. The number of alkyl halides is 2. The molecule has 0 aliphatic carbocycles. The summed E-state index contributed by atoms with van der Waals surface area (Å²) in [4.78, 5) is 16.5. The molecule has 0 bridgehead atoms. The molecule has 2 aromatic heterocycles. The summed E-state index contributed by atoms with van der Waals surface area (Å²) < 4.78 is 32.1. The Morgan fingerprint density at radius 3 is 2.34 bits per heavy atom. The summed E-state index contributed by atoms with van der Waals surface area (Å²) in [5, 5.41) is 6.91. The molecule has 0 saturated carbocycles. The molecular formula is C24H32F2N4O2. The van der Waals surface area contributed by atoms with Gasteiger partial charge >= 0.3 is 6.61 Å². The van der Waals surface area contributed by atoms with E-state index < -0.39 is 12.5 Å². The predicted molar refractivity (Wildman–Crippen MR) is 122 cm³/mol. The van der Waals surface area contributed by atoms with Crippen LogP contribution < -0.4 is 10.1 Å². The third-order valence-electron chi connectivity index (χ3n) is 4.99. The molecule has 3 rings (SSSR count). The molecule has 0 aliphatic heterocycles. The zero-order chi connectivity index (χ0) is 24.1. The van der Waals surface area contributed by atoms with Gasteiger partial charge in [0.2, 0.25) is 0 Å². The highest BCUT2D eigenvalue weighted by atomic mass is 19.3. The Hall–Kier alpha value is -3.03. The summed E-state index contributed by atoms with van der Waals surface area (Å²) in [6.07, 6.45) is 6.02. The Bertz CT molecular complexity index is 1070. The van der Waals surface area contributed by atoms with Crippen LogP contribution in [0.3, 0.4) is 0 Å². The van der Waals surface area contributed by atoms with Gasteiger partial charge in [0.25, 0.3) is 5.91 Å². The maximum absolute atomic E-state index is 12.9. The number of hydrogen-bond donors (Lipinski definition) is 1. The summed E-state index contributed by atoms with van der Waals surface area (Å²) in [7, 11) is 1.43. The number of benzene rings is 1. The molecule has 0 spiro atoms. The number of aryl methyl sites for hydroxylation is 1. The van der Waals surface area contributed by atoms with Crippen LogP contribution >= 0.6 is 0 Å². The minimum absolute atomic E-state index is 0.0725. The number of unbranched alkanes of at least 4 members (excludes halogenated alkanes) is 1. The number of rotatable bonds is 5. The van der Waals surface area contributed by atoms with Crippen molar-refractivity contribution in [1.82, 2.24) is 19.9 Å². The molecular weight excluding hydrogens is 414 g/mol. The lowest BCUT2D eigenvalue weighted by molar-refractivity contribution is -0.0501. The standard InChI is InChI=1S/C20H22F2N4O2.C4H10/c1-11-6-12(7-15(28-19(21)22)17(11)18(27)23-5)14-10-24-16-8-13(20(2,3)4)9-25-26(14)16;1-3-4-2/h6-10,19H,1-5H3,(H,23,27);3-4H2,1-2H3. The number of nitrogens with zero attached hydrogens (tertiary/aromatic N) is 3. The third kappa shape index (κ3) is 5.81. The van der Waals surface area contributed by atoms with E-state index in [-0.39, 0.29) is 16.7 Å². The van der Waals surface area contributed by atoms with Crippen molar-refractivity contribution in [2.24, 2.45) is 0 Å². The van der Waals surface area contributed by atoms with E-state index in [1.165, 1.54) is 26.0 Å². The Morgan fingerprint density at radius 1 is 1.16 bits per heavy atom. The Balaban J connectivity index is 0.000000837. The number of imidazole rings is 1. The molecule has 0 aliphatic rings. The molecule has 6 nitrogen and oxygen atoms in total. The minimum atomic E-state index is -3.05. The van der Waals surface area contributed by atoms with Crippen LogP contribution in [0.2, 0.25) is 0 Å². The van der Waals surface area contributed by atoms with Crippen LogP contribution in [0, 0.1) is 6.92 Å². The lowest BCUT2D eigenvalue weighted by Gasteiger charge is -2.18.